The highest BCUT2D eigenvalue weighted by Gasteiger charge is 2.19. The lowest BCUT2D eigenvalue weighted by atomic mass is 10.2. The zero-order chi connectivity index (χ0) is 15.6. The first kappa shape index (κ1) is 14.9. The molecule has 2 rings (SSSR count). The summed E-state index contributed by atoms with van der Waals surface area (Å²) >= 11 is 3.13. The number of carboxylic acid groups (broad SMARTS) is 1. The van der Waals surface area contributed by atoms with Crippen LogP contribution in [-0.2, 0) is 0 Å². The maximum Gasteiger partial charge on any atom is 0.342 e. The van der Waals surface area contributed by atoms with E-state index in [1.807, 2.05) is 0 Å². The van der Waals surface area contributed by atoms with Gasteiger partial charge >= 0.3 is 5.97 Å². The van der Waals surface area contributed by atoms with Gasteiger partial charge in [-0.1, -0.05) is 6.07 Å². The number of nitro benzene ring substituents is 1. The minimum atomic E-state index is -1.50. The van der Waals surface area contributed by atoms with E-state index in [4.69, 9.17) is 9.84 Å². The van der Waals surface area contributed by atoms with E-state index in [9.17, 15) is 19.3 Å². The van der Waals surface area contributed by atoms with E-state index in [-0.39, 0.29) is 17.2 Å². The standard InChI is InChI=1S/C13H7BrFNO5/c14-8-5-4-7(16(19)20)6-11(8)21-10-3-1-2-9(15)12(10)13(17)18/h1-6H,(H,17,18). The summed E-state index contributed by atoms with van der Waals surface area (Å²) in [4.78, 5) is 21.2. The molecule has 0 aliphatic carbocycles. The van der Waals surface area contributed by atoms with E-state index < -0.39 is 22.3 Å². The Morgan fingerprint density at radius 3 is 2.62 bits per heavy atom. The number of hydrogen-bond donors (Lipinski definition) is 1. The molecule has 0 unspecified atom stereocenters. The molecule has 8 heteroatoms. The average Bonchev–Trinajstić information content (AvgIpc) is 2.40. The van der Waals surface area contributed by atoms with Crippen molar-refractivity contribution in [2.24, 2.45) is 0 Å². The first-order chi connectivity index (χ1) is 9.90. The predicted octanol–water partition coefficient (Wildman–Crippen LogP) is 3.99. The Labute approximate surface area is 126 Å². The highest BCUT2D eigenvalue weighted by Crippen LogP contribution is 2.34. The topological polar surface area (TPSA) is 89.7 Å². The molecular weight excluding hydrogens is 349 g/mol. The molecule has 2 aromatic carbocycles. The minimum Gasteiger partial charge on any atom is -0.477 e. The second-order valence-corrected chi connectivity index (χ2v) is 4.75. The Kier molecular flexibility index (Phi) is 4.18. The summed E-state index contributed by atoms with van der Waals surface area (Å²) in [6.07, 6.45) is 0. The highest BCUT2D eigenvalue weighted by atomic mass is 79.9. The quantitative estimate of drug-likeness (QED) is 0.661. The molecule has 21 heavy (non-hydrogen) atoms. The molecule has 0 aromatic heterocycles. The summed E-state index contributed by atoms with van der Waals surface area (Å²) in [7, 11) is 0. The maximum atomic E-state index is 13.5. The van der Waals surface area contributed by atoms with Crippen LogP contribution >= 0.6 is 15.9 Å². The zero-order valence-electron chi connectivity index (χ0n) is 10.2. The normalized spacial score (nSPS) is 10.2. The molecule has 0 aliphatic heterocycles. The van der Waals surface area contributed by atoms with Crippen LogP contribution in [0.15, 0.2) is 40.9 Å². The summed E-state index contributed by atoms with van der Waals surface area (Å²) < 4.78 is 19.2. The van der Waals surface area contributed by atoms with Gasteiger partial charge in [0.2, 0.25) is 0 Å². The van der Waals surface area contributed by atoms with Crippen molar-refractivity contribution in [2.45, 2.75) is 0 Å². The third-order valence-electron chi connectivity index (χ3n) is 2.53. The van der Waals surface area contributed by atoms with Gasteiger partial charge in [-0.15, -0.1) is 0 Å². The largest absolute Gasteiger partial charge is 0.477 e. The van der Waals surface area contributed by atoms with Gasteiger partial charge in [-0.2, -0.15) is 0 Å². The molecule has 0 fully saturated rings. The van der Waals surface area contributed by atoms with Crippen molar-refractivity contribution in [3.63, 3.8) is 0 Å². The molecule has 0 saturated heterocycles. The van der Waals surface area contributed by atoms with Gasteiger partial charge in [0.05, 0.1) is 15.5 Å². The van der Waals surface area contributed by atoms with Crippen molar-refractivity contribution in [3.05, 3.63) is 62.4 Å². The fourth-order valence-corrected chi connectivity index (χ4v) is 1.93. The number of nitro groups is 1. The molecule has 0 saturated carbocycles. The van der Waals surface area contributed by atoms with Crippen LogP contribution in [0.3, 0.4) is 0 Å². The second kappa shape index (κ2) is 5.88. The summed E-state index contributed by atoms with van der Waals surface area (Å²) in [6.45, 7) is 0. The van der Waals surface area contributed by atoms with Gasteiger partial charge in [0.25, 0.3) is 5.69 Å². The Bertz CT molecular complexity index is 734. The van der Waals surface area contributed by atoms with Gasteiger partial charge in [-0.3, -0.25) is 10.1 Å². The summed E-state index contributed by atoms with van der Waals surface area (Å²) in [6, 6.07) is 7.27. The fraction of sp³-hybridized carbons (Fsp3) is 0. The van der Waals surface area contributed by atoms with Crippen molar-refractivity contribution in [1.29, 1.82) is 0 Å². The molecule has 1 N–H and O–H groups in total. The fourth-order valence-electron chi connectivity index (χ4n) is 1.60. The Morgan fingerprint density at radius 1 is 1.29 bits per heavy atom. The van der Waals surface area contributed by atoms with Crippen LogP contribution in [0.2, 0.25) is 0 Å². The van der Waals surface area contributed by atoms with E-state index in [1.54, 1.807) is 0 Å². The van der Waals surface area contributed by atoms with Crippen molar-refractivity contribution >= 4 is 27.6 Å². The third kappa shape index (κ3) is 3.16. The van der Waals surface area contributed by atoms with Gasteiger partial charge in [0.1, 0.15) is 22.9 Å². The molecule has 0 atom stereocenters. The first-order valence-corrected chi connectivity index (χ1v) is 6.33. The number of rotatable bonds is 4. The third-order valence-corrected chi connectivity index (χ3v) is 3.19. The number of nitrogens with zero attached hydrogens (tertiary/aromatic N) is 1. The highest BCUT2D eigenvalue weighted by molar-refractivity contribution is 9.10. The number of non-ortho nitro benzene ring substituents is 1. The molecule has 0 radical (unpaired) electrons. The summed E-state index contributed by atoms with van der Waals surface area (Å²) in [5.41, 5.74) is -0.877. The molecule has 0 heterocycles. The number of hydrogen-bond acceptors (Lipinski definition) is 4. The van der Waals surface area contributed by atoms with Crippen LogP contribution in [0, 0.1) is 15.9 Å². The zero-order valence-corrected chi connectivity index (χ0v) is 11.8. The Morgan fingerprint density at radius 2 is 2.00 bits per heavy atom. The molecule has 6 nitrogen and oxygen atoms in total. The van der Waals surface area contributed by atoms with E-state index in [0.717, 1.165) is 12.1 Å². The molecule has 0 spiro atoms. The molecule has 0 aliphatic rings. The molecule has 0 amide bonds. The number of ether oxygens (including phenoxy) is 1. The van der Waals surface area contributed by atoms with E-state index >= 15 is 0 Å². The van der Waals surface area contributed by atoms with Crippen LogP contribution < -0.4 is 4.74 Å². The van der Waals surface area contributed by atoms with Gasteiger partial charge in [0, 0.05) is 6.07 Å². The molecule has 2 aromatic rings. The number of halogens is 2. The van der Waals surface area contributed by atoms with E-state index in [2.05, 4.69) is 15.9 Å². The molecule has 0 bridgehead atoms. The van der Waals surface area contributed by atoms with Gasteiger partial charge in [-0.25, -0.2) is 9.18 Å². The van der Waals surface area contributed by atoms with E-state index in [1.165, 1.54) is 24.3 Å². The van der Waals surface area contributed by atoms with Crippen LogP contribution in [-0.4, -0.2) is 16.0 Å². The number of carbonyl (C=O) groups is 1. The predicted molar refractivity (Wildman–Crippen MR) is 74.2 cm³/mol. The van der Waals surface area contributed by atoms with Gasteiger partial charge in [-0.05, 0) is 34.1 Å². The summed E-state index contributed by atoms with van der Waals surface area (Å²) in [5.74, 6) is -2.69. The van der Waals surface area contributed by atoms with Crippen molar-refractivity contribution in [1.82, 2.24) is 0 Å². The Hall–Kier alpha value is -2.48. The van der Waals surface area contributed by atoms with E-state index in [0.29, 0.717) is 4.47 Å². The lowest BCUT2D eigenvalue weighted by Crippen LogP contribution is -2.03. The Balaban J connectivity index is 2.48. The minimum absolute atomic E-state index is 0.0114. The second-order valence-electron chi connectivity index (χ2n) is 3.89. The van der Waals surface area contributed by atoms with Crippen LogP contribution in [0.4, 0.5) is 10.1 Å². The SMILES string of the molecule is O=C(O)c1c(F)cccc1Oc1cc([N+](=O)[O-])ccc1Br. The van der Waals surface area contributed by atoms with Crippen molar-refractivity contribution in [3.8, 4) is 11.5 Å². The van der Waals surface area contributed by atoms with Crippen LogP contribution in [0.1, 0.15) is 10.4 Å². The first-order valence-electron chi connectivity index (χ1n) is 5.53. The lowest BCUT2D eigenvalue weighted by Gasteiger charge is -2.10. The van der Waals surface area contributed by atoms with Crippen LogP contribution in [0.25, 0.3) is 0 Å². The number of benzene rings is 2. The lowest BCUT2D eigenvalue weighted by molar-refractivity contribution is -0.384. The van der Waals surface area contributed by atoms with Crippen molar-refractivity contribution in [2.75, 3.05) is 0 Å². The van der Waals surface area contributed by atoms with Crippen molar-refractivity contribution < 1.29 is 24.0 Å². The maximum absolute atomic E-state index is 13.5. The number of aromatic carboxylic acids is 1. The number of carboxylic acids is 1. The monoisotopic (exact) mass is 355 g/mol. The van der Waals surface area contributed by atoms with Gasteiger partial charge in [0.15, 0.2) is 0 Å². The smallest absolute Gasteiger partial charge is 0.342 e. The molecule has 108 valence electrons. The van der Waals surface area contributed by atoms with Crippen LogP contribution in [0.5, 0.6) is 11.5 Å². The molecular formula is C13H7BrFNO5. The average molecular weight is 356 g/mol. The summed E-state index contributed by atoms with van der Waals surface area (Å²) in [5, 5.41) is 19.7. The van der Waals surface area contributed by atoms with Gasteiger partial charge < -0.3 is 9.84 Å².